The molecule has 80 valence electrons. The van der Waals surface area contributed by atoms with Crippen LogP contribution in [0, 0.1) is 0 Å². The zero-order valence-electron chi connectivity index (χ0n) is 8.25. The van der Waals surface area contributed by atoms with Crippen molar-refractivity contribution in [2.24, 2.45) is 0 Å². The van der Waals surface area contributed by atoms with Crippen molar-refractivity contribution in [3.63, 3.8) is 0 Å². The maximum atomic E-state index is 11.6. The Morgan fingerprint density at radius 1 is 1.40 bits per heavy atom. The molecular formula is C11H12BrNO2. The first-order valence-electron chi connectivity index (χ1n) is 4.85. The highest BCUT2D eigenvalue weighted by Gasteiger charge is 2.13. The zero-order valence-corrected chi connectivity index (χ0v) is 9.84. The van der Waals surface area contributed by atoms with Crippen LogP contribution >= 0.6 is 15.9 Å². The first-order chi connectivity index (χ1) is 7.31. The number of hydrogen-bond acceptors (Lipinski definition) is 2. The van der Waals surface area contributed by atoms with Crippen molar-refractivity contribution in [3.05, 3.63) is 34.9 Å². The molecule has 0 bridgehead atoms. The standard InChI is InChI=1S/C11H12BrNO2/c12-3-4-13-11(14)8-1-2-9-6-15-7-10(9)5-8/h1-2,5H,3-4,6-7H2,(H,13,14). The van der Waals surface area contributed by atoms with Crippen molar-refractivity contribution in [3.8, 4) is 0 Å². The van der Waals surface area contributed by atoms with E-state index in [9.17, 15) is 4.79 Å². The number of halogens is 1. The molecule has 2 rings (SSSR count). The monoisotopic (exact) mass is 269 g/mol. The van der Waals surface area contributed by atoms with Gasteiger partial charge >= 0.3 is 0 Å². The number of ether oxygens (including phenoxy) is 1. The molecule has 0 unspecified atom stereocenters. The van der Waals surface area contributed by atoms with E-state index in [1.807, 2.05) is 18.2 Å². The third-order valence-corrected chi connectivity index (χ3v) is 2.76. The maximum absolute atomic E-state index is 11.6. The molecule has 0 saturated carbocycles. The SMILES string of the molecule is O=C(NCCBr)c1ccc2c(c1)COC2. The van der Waals surface area contributed by atoms with Gasteiger partial charge in [-0.1, -0.05) is 22.0 Å². The number of fused-ring (bicyclic) bond motifs is 1. The van der Waals surface area contributed by atoms with Crippen LogP contribution in [0.5, 0.6) is 0 Å². The van der Waals surface area contributed by atoms with E-state index in [1.165, 1.54) is 5.56 Å². The van der Waals surface area contributed by atoms with Crippen molar-refractivity contribution in [2.45, 2.75) is 13.2 Å². The van der Waals surface area contributed by atoms with E-state index in [0.717, 1.165) is 10.9 Å². The first-order valence-corrected chi connectivity index (χ1v) is 5.97. The lowest BCUT2D eigenvalue weighted by atomic mass is 10.1. The molecular weight excluding hydrogens is 258 g/mol. The molecule has 1 N–H and O–H groups in total. The van der Waals surface area contributed by atoms with Crippen LogP contribution in [0.3, 0.4) is 0 Å². The minimum atomic E-state index is -0.0239. The zero-order chi connectivity index (χ0) is 10.7. The summed E-state index contributed by atoms with van der Waals surface area (Å²) in [6, 6.07) is 5.72. The summed E-state index contributed by atoms with van der Waals surface area (Å²) in [6.07, 6.45) is 0. The van der Waals surface area contributed by atoms with Gasteiger partial charge in [0.05, 0.1) is 13.2 Å². The summed E-state index contributed by atoms with van der Waals surface area (Å²) in [5.41, 5.74) is 3.02. The maximum Gasteiger partial charge on any atom is 0.251 e. The van der Waals surface area contributed by atoms with Crippen molar-refractivity contribution in [1.29, 1.82) is 0 Å². The van der Waals surface area contributed by atoms with Crippen LogP contribution in [0.1, 0.15) is 21.5 Å². The average Bonchev–Trinajstić information content (AvgIpc) is 2.72. The Balaban J connectivity index is 2.12. The fourth-order valence-electron chi connectivity index (χ4n) is 1.58. The van der Waals surface area contributed by atoms with Gasteiger partial charge in [-0.3, -0.25) is 4.79 Å². The minimum Gasteiger partial charge on any atom is -0.372 e. The molecule has 1 aliphatic rings. The van der Waals surface area contributed by atoms with Crippen molar-refractivity contribution in [2.75, 3.05) is 11.9 Å². The number of alkyl halides is 1. The number of rotatable bonds is 3. The average molecular weight is 270 g/mol. The van der Waals surface area contributed by atoms with Gasteiger partial charge in [0.2, 0.25) is 0 Å². The molecule has 1 aliphatic heterocycles. The molecule has 4 heteroatoms. The van der Waals surface area contributed by atoms with Crippen LogP contribution < -0.4 is 5.32 Å². The minimum absolute atomic E-state index is 0.0239. The van der Waals surface area contributed by atoms with Crippen molar-refractivity contribution < 1.29 is 9.53 Å². The van der Waals surface area contributed by atoms with E-state index >= 15 is 0 Å². The van der Waals surface area contributed by atoms with E-state index in [-0.39, 0.29) is 5.91 Å². The number of carbonyl (C=O) groups excluding carboxylic acids is 1. The number of benzene rings is 1. The number of hydrogen-bond donors (Lipinski definition) is 1. The summed E-state index contributed by atoms with van der Waals surface area (Å²) >= 11 is 3.27. The van der Waals surface area contributed by atoms with E-state index in [0.29, 0.717) is 25.3 Å². The van der Waals surface area contributed by atoms with E-state index in [2.05, 4.69) is 21.2 Å². The highest BCUT2D eigenvalue weighted by molar-refractivity contribution is 9.09. The van der Waals surface area contributed by atoms with Gasteiger partial charge < -0.3 is 10.1 Å². The summed E-state index contributed by atoms with van der Waals surface area (Å²) in [4.78, 5) is 11.6. The molecule has 0 aromatic heterocycles. The lowest BCUT2D eigenvalue weighted by Crippen LogP contribution is -2.25. The number of carbonyl (C=O) groups is 1. The fraction of sp³-hybridized carbons (Fsp3) is 0.364. The summed E-state index contributed by atoms with van der Waals surface area (Å²) in [6.45, 7) is 1.93. The van der Waals surface area contributed by atoms with Crippen LogP contribution in [-0.4, -0.2) is 17.8 Å². The van der Waals surface area contributed by atoms with Gasteiger partial charge in [-0.05, 0) is 23.3 Å². The fourth-order valence-corrected chi connectivity index (χ4v) is 1.77. The van der Waals surface area contributed by atoms with E-state index < -0.39 is 0 Å². The lowest BCUT2D eigenvalue weighted by molar-refractivity contribution is 0.0956. The molecule has 0 atom stereocenters. The van der Waals surface area contributed by atoms with E-state index in [4.69, 9.17) is 4.74 Å². The normalized spacial score (nSPS) is 13.7. The van der Waals surface area contributed by atoms with Crippen LogP contribution in [-0.2, 0) is 18.0 Å². The van der Waals surface area contributed by atoms with Gasteiger partial charge in [-0.15, -0.1) is 0 Å². The quantitative estimate of drug-likeness (QED) is 0.851. The third-order valence-electron chi connectivity index (χ3n) is 2.36. The van der Waals surface area contributed by atoms with Crippen LogP contribution in [0.4, 0.5) is 0 Å². The topological polar surface area (TPSA) is 38.3 Å². The molecule has 3 nitrogen and oxygen atoms in total. The molecule has 0 spiro atoms. The van der Waals surface area contributed by atoms with Crippen LogP contribution in [0.25, 0.3) is 0 Å². The summed E-state index contributed by atoms with van der Waals surface area (Å²) in [5, 5.41) is 3.58. The lowest BCUT2D eigenvalue weighted by Gasteiger charge is -2.04. The summed E-state index contributed by atoms with van der Waals surface area (Å²) < 4.78 is 5.29. The second-order valence-electron chi connectivity index (χ2n) is 3.42. The molecule has 1 amide bonds. The van der Waals surface area contributed by atoms with Crippen LogP contribution in [0.15, 0.2) is 18.2 Å². The van der Waals surface area contributed by atoms with Crippen molar-refractivity contribution in [1.82, 2.24) is 5.32 Å². The van der Waals surface area contributed by atoms with E-state index in [1.54, 1.807) is 0 Å². The second-order valence-corrected chi connectivity index (χ2v) is 4.21. The van der Waals surface area contributed by atoms with Gasteiger partial charge in [-0.25, -0.2) is 0 Å². The van der Waals surface area contributed by atoms with Gasteiger partial charge in [0.15, 0.2) is 0 Å². The van der Waals surface area contributed by atoms with Crippen molar-refractivity contribution >= 4 is 21.8 Å². The summed E-state index contributed by atoms with van der Waals surface area (Å²) in [7, 11) is 0. The largest absolute Gasteiger partial charge is 0.372 e. The summed E-state index contributed by atoms with van der Waals surface area (Å²) in [5.74, 6) is -0.0239. The third kappa shape index (κ3) is 2.38. The van der Waals surface area contributed by atoms with Crippen LogP contribution in [0.2, 0.25) is 0 Å². The predicted molar refractivity (Wildman–Crippen MR) is 61.1 cm³/mol. The molecule has 0 fully saturated rings. The van der Waals surface area contributed by atoms with Gasteiger partial charge in [0.25, 0.3) is 5.91 Å². The Bertz CT molecular complexity index is 379. The number of nitrogens with one attached hydrogen (secondary N) is 1. The molecule has 15 heavy (non-hydrogen) atoms. The molecule has 0 saturated heterocycles. The highest BCUT2D eigenvalue weighted by Crippen LogP contribution is 2.20. The molecule has 0 aliphatic carbocycles. The Morgan fingerprint density at radius 3 is 3.00 bits per heavy atom. The molecule has 1 aromatic carbocycles. The number of amides is 1. The first kappa shape index (κ1) is 10.6. The van der Waals surface area contributed by atoms with Gasteiger partial charge in [0.1, 0.15) is 0 Å². The highest BCUT2D eigenvalue weighted by atomic mass is 79.9. The Morgan fingerprint density at radius 2 is 2.20 bits per heavy atom. The molecule has 1 aromatic rings. The Labute approximate surface area is 96.9 Å². The smallest absolute Gasteiger partial charge is 0.251 e. The van der Waals surface area contributed by atoms with Gasteiger partial charge in [0, 0.05) is 17.4 Å². The second kappa shape index (κ2) is 4.77. The Hall–Kier alpha value is -0.870. The predicted octanol–water partition coefficient (Wildman–Crippen LogP) is 1.84. The molecule has 0 radical (unpaired) electrons. The molecule has 1 heterocycles. The Kier molecular flexibility index (Phi) is 3.38. The van der Waals surface area contributed by atoms with Gasteiger partial charge in [-0.2, -0.15) is 0 Å².